The number of furan rings is 1. The molecule has 2 amide bonds. The van der Waals surface area contributed by atoms with Crippen molar-refractivity contribution in [3.05, 3.63) is 40.2 Å². The summed E-state index contributed by atoms with van der Waals surface area (Å²) in [6, 6.07) is 1.64. The van der Waals surface area contributed by atoms with Gasteiger partial charge in [0.15, 0.2) is 0 Å². The minimum absolute atomic E-state index is 0.0832. The Morgan fingerprint density at radius 2 is 1.96 bits per heavy atom. The van der Waals surface area contributed by atoms with Crippen LogP contribution in [0.4, 0.5) is 5.00 Å². The second kappa shape index (κ2) is 7.96. The van der Waals surface area contributed by atoms with Crippen LogP contribution in [0.3, 0.4) is 0 Å². The van der Waals surface area contributed by atoms with E-state index in [1.165, 1.54) is 31.0 Å². The molecule has 0 spiro atoms. The van der Waals surface area contributed by atoms with Gasteiger partial charge >= 0.3 is 5.97 Å². The molecule has 8 heteroatoms. The molecule has 1 aliphatic heterocycles. The number of nitrogens with one attached hydrogen (secondary N) is 1. The highest BCUT2D eigenvalue weighted by molar-refractivity contribution is 7.16. The van der Waals surface area contributed by atoms with E-state index in [0.29, 0.717) is 42.1 Å². The van der Waals surface area contributed by atoms with Crippen LogP contribution in [0, 0.1) is 19.8 Å². The minimum atomic E-state index is -0.451. The lowest BCUT2D eigenvalue weighted by Gasteiger charge is -2.31. The van der Waals surface area contributed by atoms with Crippen molar-refractivity contribution >= 4 is 34.1 Å². The summed E-state index contributed by atoms with van der Waals surface area (Å²) in [5.41, 5.74) is 1.76. The Bertz CT molecular complexity index is 848. The number of amides is 2. The number of thiophene rings is 1. The molecule has 3 rings (SSSR count). The van der Waals surface area contributed by atoms with Gasteiger partial charge in [0.25, 0.3) is 5.91 Å². The molecule has 2 aromatic heterocycles. The number of aryl methyl sites for hydroxylation is 1. The van der Waals surface area contributed by atoms with Crippen LogP contribution in [0.2, 0.25) is 0 Å². The molecule has 0 aliphatic carbocycles. The van der Waals surface area contributed by atoms with Gasteiger partial charge in [-0.05, 0) is 38.3 Å². The number of hydrogen-bond acceptors (Lipinski definition) is 6. The van der Waals surface area contributed by atoms with Crippen LogP contribution in [0.1, 0.15) is 44.0 Å². The lowest BCUT2D eigenvalue weighted by Crippen LogP contribution is -2.41. The van der Waals surface area contributed by atoms with Crippen LogP contribution < -0.4 is 5.32 Å². The number of piperidine rings is 1. The zero-order chi connectivity index (χ0) is 19.6. The first-order valence-electron chi connectivity index (χ1n) is 8.73. The number of anilines is 1. The number of hydrogen-bond donors (Lipinski definition) is 1. The zero-order valence-electron chi connectivity index (χ0n) is 15.5. The molecule has 7 nitrogen and oxygen atoms in total. The van der Waals surface area contributed by atoms with Gasteiger partial charge in [0, 0.05) is 23.9 Å². The molecular formula is C19H22N2O5S. The summed E-state index contributed by atoms with van der Waals surface area (Å²) in [4.78, 5) is 39.8. The van der Waals surface area contributed by atoms with Crippen molar-refractivity contribution in [3.8, 4) is 0 Å². The van der Waals surface area contributed by atoms with E-state index in [1.54, 1.807) is 11.0 Å². The maximum absolute atomic E-state index is 12.7. The molecule has 0 bridgehead atoms. The van der Waals surface area contributed by atoms with Crippen molar-refractivity contribution in [1.29, 1.82) is 0 Å². The Hall–Kier alpha value is -2.61. The van der Waals surface area contributed by atoms with Gasteiger partial charge in [0.1, 0.15) is 11.3 Å². The molecule has 2 aromatic rings. The highest BCUT2D eigenvalue weighted by Crippen LogP contribution is 2.34. The molecule has 27 heavy (non-hydrogen) atoms. The first-order valence-corrected chi connectivity index (χ1v) is 9.54. The lowest BCUT2D eigenvalue weighted by atomic mass is 9.95. The van der Waals surface area contributed by atoms with Crippen LogP contribution in [0.25, 0.3) is 0 Å². The highest BCUT2D eigenvalue weighted by Gasteiger charge is 2.30. The number of rotatable bonds is 4. The fourth-order valence-corrected chi connectivity index (χ4v) is 4.24. The molecule has 1 saturated heterocycles. The number of carbonyl (C=O) groups is 3. The van der Waals surface area contributed by atoms with E-state index in [9.17, 15) is 14.4 Å². The second-order valence-corrected chi connectivity index (χ2v) is 7.77. The van der Waals surface area contributed by atoms with Crippen molar-refractivity contribution in [3.63, 3.8) is 0 Å². The standard InChI is InChI=1S/C19H22N2O5S/c1-11-12(2)27-17(15(11)19(24)25-3)20-16(22)13-4-7-21(8-5-13)18(23)14-6-9-26-10-14/h6,9-10,13H,4-5,7-8H2,1-3H3,(H,20,22). The van der Waals surface area contributed by atoms with Crippen LogP contribution in [0.5, 0.6) is 0 Å². The lowest BCUT2D eigenvalue weighted by molar-refractivity contribution is -0.121. The molecule has 1 aliphatic rings. The highest BCUT2D eigenvalue weighted by atomic mass is 32.1. The number of esters is 1. The molecule has 3 heterocycles. The third kappa shape index (κ3) is 3.90. The molecule has 1 N–H and O–H groups in total. The van der Waals surface area contributed by atoms with Gasteiger partial charge in [-0.15, -0.1) is 11.3 Å². The van der Waals surface area contributed by atoms with E-state index in [1.807, 2.05) is 13.8 Å². The summed E-state index contributed by atoms with van der Waals surface area (Å²) in [5, 5.41) is 3.42. The Morgan fingerprint density at radius 1 is 1.26 bits per heavy atom. The fraction of sp³-hybridized carbons (Fsp3) is 0.421. The van der Waals surface area contributed by atoms with Crippen LogP contribution in [-0.4, -0.2) is 42.9 Å². The van der Waals surface area contributed by atoms with Crippen LogP contribution in [-0.2, 0) is 9.53 Å². The Kier molecular flexibility index (Phi) is 5.65. The van der Waals surface area contributed by atoms with Gasteiger partial charge in [0.2, 0.25) is 5.91 Å². The number of likely N-dealkylation sites (tertiary alicyclic amines) is 1. The monoisotopic (exact) mass is 390 g/mol. The fourth-order valence-electron chi connectivity index (χ4n) is 3.19. The number of ether oxygens (including phenoxy) is 1. The summed E-state index contributed by atoms with van der Waals surface area (Å²) in [6.07, 6.45) is 4.05. The normalized spacial score (nSPS) is 14.9. The Morgan fingerprint density at radius 3 is 2.56 bits per heavy atom. The average Bonchev–Trinajstić information content (AvgIpc) is 3.30. The van der Waals surface area contributed by atoms with Gasteiger partial charge in [-0.1, -0.05) is 0 Å². The zero-order valence-corrected chi connectivity index (χ0v) is 16.4. The summed E-state index contributed by atoms with van der Waals surface area (Å²) in [6.45, 7) is 4.76. The molecule has 1 fully saturated rings. The summed E-state index contributed by atoms with van der Waals surface area (Å²) >= 11 is 1.37. The van der Waals surface area contributed by atoms with Crippen molar-refractivity contribution in [2.24, 2.45) is 5.92 Å². The molecule has 0 radical (unpaired) electrons. The first-order chi connectivity index (χ1) is 12.9. The number of carbonyl (C=O) groups excluding carboxylic acids is 3. The quantitative estimate of drug-likeness (QED) is 0.810. The van der Waals surface area contributed by atoms with Gasteiger partial charge < -0.3 is 19.4 Å². The van der Waals surface area contributed by atoms with Gasteiger partial charge in [-0.3, -0.25) is 9.59 Å². The van der Waals surface area contributed by atoms with Gasteiger partial charge in [0.05, 0.1) is 24.5 Å². The second-order valence-electron chi connectivity index (χ2n) is 6.55. The van der Waals surface area contributed by atoms with E-state index in [0.717, 1.165) is 10.4 Å². The predicted molar refractivity (Wildman–Crippen MR) is 101 cm³/mol. The predicted octanol–water partition coefficient (Wildman–Crippen LogP) is 3.24. The SMILES string of the molecule is COC(=O)c1c(NC(=O)C2CCN(C(=O)c3ccoc3)CC2)sc(C)c1C. The first kappa shape index (κ1) is 19.2. The number of methoxy groups -OCH3 is 1. The number of nitrogens with zero attached hydrogens (tertiary/aromatic N) is 1. The summed E-state index contributed by atoms with van der Waals surface area (Å²) in [5.74, 6) is -0.865. The van der Waals surface area contributed by atoms with Gasteiger partial charge in [-0.2, -0.15) is 0 Å². The maximum atomic E-state index is 12.7. The van der Waals surface area contributed by atoms with E-state index in [2.05, 4.69) is 5.32 Å². The van der Waals surface area contributed by atoms with Gasteiger partial charge in [-0.25, -0.2) is 4.79 Å². The van der Waals surface area contributed by atoms with Crippen molar-refractivity contribution < 1.29 is 23.5 Å². The minimum Gasteiger partial charge on any atom is -0.472 e. The third-order valence-electron chi connectivity index (χ3n) is 4.93. The van der Waals surface area contributed by atoms with E-state index >= 15 is 0 Å². The average molecular weight is 390 g/mol. The molecule has 144 valence electrons. The van der Waals surface area contributed by atoms with E-state index < -0.39 is 5.97 Å². The smallest absolute Gasteiger partial charge is 0.341 e. The molecule has 0 saturated carbocycles. The van der Waals surface area contributed by atoms with E-state index in [-0.39, 0.29) is 17.7 Å². The summed E-state index contributed by atoms with van der Waals surface area (Å²) in [7, 11) is 1.33. The third-order valence-corrected chi connectivity index (χ3v) is 6.06. The van der Waals surface area contributed by atoms with Crippen LogP contribution in [0.15, 0.2) is 23.0 Å². The van der Waals surface area contributed by atoms with Crippen LogP contribution >= 0.6 is 11.3 Å². The Labute approximate surface area is 161 Å². The largest absolute Gasteiger partial charge is 0.472 e. The Balaban J connectivity index is 1.63. The topological polar surface area (TPSA) is 88.9 Å². The maximum Gasteiger partial charge on any atom is 0.341 e. The summed E-state index contributed by atoms with van der Waals surface area (Å²) < 4.78 is 9.79. The van der Waals surface area contributed by atoms with Crippen molar-refractivity contribution in [2.45, 2.75) is 26.7 Å². The molecule has 0 atom stereocenters. The molecule has 0 aromatic carbocycles. The molecular weight excluding hydrogens is 368 g/mol. The van der Waals surface area contributed by atoms with Crippen molar-refractivity contribution in [2.75, 3.05) is 25.5 Å². The van der Waals surface area contributed by atoms with Crippen molar-refractivity contribution in [1.82, 2.24) is 4.90 Å². The van der Waals surface area contributed by atoms with E-state index in [4.69, 9.17) is 9.15 Å². The molecule has 0 unspecified atom stereocenters.